The van der Waals surface area contributed by atoms with E-state index >= 15 is 0 Å². The molecule has 66 valence electrons. The molecule has 0 amide bonds. The molecule has 0 fully saturated rings. The van der Waals surface area contributed by atoms with Crippen LogP contribution in [0.4, 0.5) is 0 Å². The van der Waals surface area contributed by atoms with E-state index in [2.05, 4.69) is 6.07 Å². The second-order valence-electron chi connectivity index (χ2n) is 3.11. The van der Waals surface area contributed by atoms with Crippen LogP contribution in [0.3, 0.4) is 0 Å². The summed E-state index contributed by atoms with van der Waals surface area (Å²) >= 11 is 0. The molecule has 1 heterocycles. The zero-order valence-corrected chi connectivity index (χ0v) is 7.16. The minimum Gasteiger partial charge on any atom is -0.375 e. The van der Waals surface area contributed by atoms with Crippen LogP contribution >= 0.6 is 0 Å². The maximum atomic E-state index is 8.83. The molecule has 0 spiro atoms. The van der Waals surface area contributed by atoms with Gasteiger partial charge in [0.1, 0.15) is 0 Å². The second-order valence-corrected chi connectivity index (χ2v) is 3.11. The maximum Gasteiger partial charge on any atom is 0.0995 e. The first-order valence-corrected chi connectivity index (χ1v) is 4.18. The van der Waals surface area contributed by atoms with Crippen molar-refractivity contribution < 1.29 is 4.74 Å². The van der Waals surface area contributed by atoms with Gasteiger partial charge < -0.3 is 10.5 Å². The average Bonchev–Trinajstić information content (AvgIpc) is 2.18. The van der Waals surface area contributed by atoms with Crippen LogP contribution in [0, 0.1) is 11.3 Å². The summed E-state index contributed by atoms with van der Waals surface area (Å²) in [7, 11) is 0. The fourth-order valence-corrected chi connectivity index (χ4v) is 1.60. The lowest BCUT2D eigenvalue weighted by molar-refractivity contribution is 0.0922. The first kappa shape index (κ1) is 8.24. The Balaban J connectivity index is 2.56. The number of nitrogens with zero attached hydrogens (tertiary/aromatic N) is 1. The molecule has 1 aliphatic heterocycles. The zero-order chi connectivity index (χ0) is 9.26. The molecule has 2 N–H and O–H groups in total. The van der Waals surface area contributed by atoms with Gasteiger partial charge in [-0.3, -0.25) is 0 Å². The lowest BCUT2D eigenvalue weighted by Gasteiger charge is -2.22. The van der Waals surface area contributed by atoms with Gasteiger partial charge in [-0.05, 0) is 11.6 Å². The minimum absolute atomic E-state index is 0.0861. The fraction of sp³-hybridized carbons (Fsp3) is 0.300. The molecule has 0 saturated carbocycles. The van der Waals surface area contributed by atoms with E-state index in [0.717, 1.165) is 11.1 Å². The van der Waals surface area contributed by atoms with Gasteiger partial charge in [-0.25, -0.2) is 0 Å². The largest absolute Gasteiger partial charge is 0.375 e. The maximum absolute atomic E-state index is 8.83. The first-order valence-electron chi connectivity index (χ1n) is 4.18. The molecular formula is C10H10N2O. The van der Waals surface area contributed by atoms with E-state index in [4.69, 9.17) is 15.7 Å². The number of hydrogen-bond donors (Lipinski definition) is 1. The van der Waals surface area contributed by atoms with E-state index in [-0.39, 0.29) is 6.04 Å². The number of nitrogens with two attached hydrogens (primary N) is 1. The van der Waals surface area contributed by atoms with Gasteiger partial charge in [-0.2, -0.15) is 5.26 Å². The standard InChI is InChI=1S/C10H10N2O/c11-4-7-2-1-3-8-9(7)5-13-6-10(8)12/h1-3,10H,5-6,12H2/t10-/m1/s1. The molecule has 0 bridgehead atoms. The van der Waals surface area contributed by atoms with Gasteiger partial charge in [0.05, 0.1) is 30.9 Å². The van der Waals surface area contributed by atoms with E-state index in [1.54, 1.807) is 6.07 Å². The van der Waals surface area contributed by atoms with Crippen molar-refractivity contribution in [2.45, 2.75) is 12.6 Å². The molecule has 0 saturated heterocycles. The lowest BCUT2D eigenvalue weighted by Crippen LogP contribution is -2.24. The van der Waals surface area contributed by atoms with Gasteiger partial charge in [0.15, 0.2) is 0 Å². The van der Waals surface area contributed by atoms with E-state index in [0.29, 0.717) is 18.8 Å². The number of rotatable bonds is 0. The third-order valence-electron chi connectivity index (χ3n) is 2.28. The molecule has 0 aliphatic carbocycles. The van der Waals surface area contributed by atoms with Crippen molar-refractivity contribution in [1.82, 2.24) is 0 Å². The van der Waals surface area contributed by atoms with Crippen LogP contribution in [-0.2, 0) is 11.3 Å². The Kier molecular flexibility index (Phi) is 2.01. The fourth-order valence-electron chi connectivity index (χ4n) is 1.60. The molecule has 0 unspecified atom stereocenters. The Morgan fingerprint density at radius 2 is 2.38 bits per heavy atom. The molecule has 1 aliphatic rings. The summed E-state index contributed by atoms with van der Waals surface area (Å²) < 4.78 is 5.27. The van der Waals surface area contributed by atoms with Crippen molar-refractivity contribution in [1.29, 1.82) is 5.26 Å². The summed E-state index contributed by atoms with van der Waals surface area (Å²) in [6.07, 6.45) is 0. The normalized spacial score (nSPS) is 20.5. The summed E-state index contributed by atoms with van der Waals surface area (Å²) in [5.74, 6) is 0. The van der Waals surface area contributed by atoms with E-state index in [1.165, 1.54) is 0 Å². The highest BCUT2D eigenvalue weighted by Crippen LogP contribution is 2.25. The SMILES string of the molecule is N#Cc1cccc2c1COC[C@H]2N. The quantitative estimate of drug-likeness (QED) is 0.640. The lowest BCUT2D eigenvalue weighted by atomic mass is 9.96. The van der Waals surface area contributed by atoms with Gasteiger partial charge in [0.2, 0.25) is 0 Å². The van der Waals surface area contributed by atoms with Gasteiger partial charge in [0.25, 0.3) is 0 Å². The molecule has 3 heteroatoms. The number of hydrogen-bond acceptors (Lipinski definition) is 3. The number of ether oxygens (including phenoxy) is 1. The summed E-state index contributed by atoms with van der Waals surface area (Å²) in [6.45, 7) is 1.05. The minimum atomic E-state index is -0.0861. The molecule has 2 rings (SSSR count). The summed E-state index contributed by atoms with van der Waals surface area (Å²) in [5.41, 5.74) is 8.50. The molecular weight excluding hydrogens is 164 g/mol. The number of benzene rings is 1. The topological polar surface area (TPSA) is 59.0 Å². The monoisotopic (exact) mass is 174 g/mol. The first-order chi connectivity index (χ1) is 6.33. The molecule has 1 atom stereocenters. The molecule has 3 nitrogen and oxygen atoms in total. The predicted octanol–water partition coefficient (Wildman–Crippen LogP) is 1.09. The van der Waals surface area contributed by atoms with Gasteiger partial charge in [-0.1, -0.05) is 12.1 Å². The third-order valence-corrected chi connectivity index (χ3v) is 2.28. The van der Waals surface area contributed by atoms with Crippen molar-refractivity contribution in [2.24, 2.45) is 5.73 Å². The predicted molar refractivity (Wildman–Crippen MR) is 47.7 cm³/mol. The highest BCUT2D eigenvalue weighted by atomic mass is 16.5. The summed E-state index contributed by atoms with van der Waals surface area (Å²) in [5, 5.41) is 8.83. The van der Waals surface area contributed by atoms with E-state index in [9.17, 15) is 0 Å². The third kappa shape index (κ3) is 1.31. The van der Waals surface area contributed by atoms with Crippen LogP contribution in [0.1, 0.15) is 22.7 Å². The van der Waals surface area contributed by atoms with Gasteiger partial charge >= 0.3 is 0 Å². The van der Waals surface area contributed by atoms with E-state index in [1.807, 2.05) is 12.1 Å². The Morgan fingerprint density at radius 1 is 1.54 bits per heavy atom. The molecule has 13 heavy (non-hydrogen) atoms. The Morgan fingerprint density at radius 3 is 3.15 bits per heavy atom. The Labute approximate surface area is 76.7 Å². The Hall–Kier alpha value is -1.37. The summed E-state index contributed by atoms with van der Waals surface area (Å²) in [4.78, 5) is 0. The van der Waals surface area contributed by atoms with Crippen LogP contribution in [0.25, 0.3) is 0 Å². The van der Waals surface area contributed by atoms with E-state index < -0.39 is 0 Å². The second kappa shape index (κ2) is 3.17. The van der Waals surface area contributed by atoms with Crippen molar-refractivity contribution >= 4 is 0 Å². The number of fused-ring (bicyclic) bond motifs is 1. The zero-order valence-electron chi connectivity index (χ0n) is 7.16. The van der Waals surface area contributed by atoms with Gasteiger partial charge in [-0.15, -0.1) is 0 Å². The number of nitriles is 1. The molecule has 1 aromatic rings. The van der Waals surface area contributed by atoms with Crippen molar-refractivity contribution in [3.05, 3.63) is 34.9 Å². The summed E-state index contributed by atoms with van der Waals surface area (Å²) in [6, 6.07) is 7.67. The highest BCUT2D eigenvalue weighted by Gasteiger charge is 2.19. The Bertz CT molecular complexity index is 368. The van der Waals surface area contributed by atoms with Crippen molar-refractivity contribution in [3.63, 3.8) is 0 Å². The van der Waals surface area contributed by atoms with Crippen molar-refractivity contribution in [2.75, 3.05) is 6.61 Å². The van der Waals surface area contributed by atoms with Crippen LogP contribution in [0.5, 0.6) is 0 Å². The average molecular weight is 174 g/mol. The smallest absolute Gasteiger partial charge is 0.0995 e. The molecule has 1 aromatic carbocycles. The molecule has 0 radical (unpaired) electrons. The van der Waals surface area contributed by atoms with Crippen LogP contribution < -0.4 is 5.73 Å². The van der Waals surface area contributed by atoms with Crippen molar-refractivity contribution in [3.8, 4) is 6.07 Å². The van der Waals surface area contributed by atoms with Crippen LogP contribution in [0.15, 0.2) is 18.2 Å². The van der Waals surface area contributed by atoms with Crippen LogP contribution in [0.2, 0.25) is 0 Å². The van der Waals surface area contributed by atoms with Crippen LogP contribution in [-0.4, -0.2) is 6.61 Å². The highest BCUT2D eigenvalue weighted by molar-refractivity contribution is 5.44. The molecule has 0 aromatic heterocycles. The van der Waals surface area contributed by atoms with Gasteiger partial charge in [0, 0.05) is 5.56 Å².